The molecule has 2 nitrogen and oxygen atoms in total. The van der Waals surface area contributed by atoms with Crippen molar-refractivity contribution in [1.82, 2.24) is 4.90 Å². The van der Waals surface area contributed by atoms with Gasteiger partial charge in [-0.25, -0.2) is 0 Å². The summed E-state index contributed by atoms with van der Waals surface area (Å²) in [5.74, 6) is 0. The first-order valence-electron chi connectivity index (χ1n) is 5.16. The van der Waals surface area contributed by atoms with Gasteiger partial charge < -0.3 is 4.74 Å². The number of hydrogen-bond acceptors (Lipinski definition) is 2. The molecule has 1 aliphatic heterocycles. The minimum atomic E-state index is 0.740. The predicted molar refractivity (Wildman–Crippen MR) is 53.5 cm³/mol. The Bertz CT molecular complexity index is 89.8. The summed E-state index contributed by atoms with van der Waals surface area (Å²) in [6.45, 7) is 12.6. The van der Waals surface area contributed by atoms with Gasteiger partial charge >= 0.3 is 0 Å². The number of morpholine rings is 1. The second kappa shape index (κ2) is 7.56. The Balaban J connectivity index is 0.000000561. The van der Waals surface area contributed by atoms with Gasteiger partial charge in [0.2, 0.25) is 0 Å². The van der Waals surface area contributed by atoms with Gasteiger partial charge in [0.1, 0.15) is 0 Å². The maximum atomic E-state index is 5.25. The van der Waals surface area contributed by atoms with Crippen LogP contribution < -0.4 is 0 Å². The first-order chi connectivity index (χ1) is 5.84. The van der Waals surface area contributed by atoms with Crippen LogP contribution in [0.2, 0.25) is 0 Å². The van der Waals surface area contributed by atoms with Crippen molar-refractivity contribution < 1.29 is 4.74 Å². The van der Waals surface area contributed by atoms with Crippen LogP contribution in [-0.4, -0.2) is 37.2 Å². The fourth-order valence-electron chi connectivity index (χ4n) is 1.28. The van der Waals surface area contributed by atoms with Gasteiger partial charge in [-0.1, -0.05) is 20.8 Å². The molecule has 74 valence electrons. The van der Waals surface area contributed by atoms with Crippen LogP contribution in [0.5, 0.6) is 0 Å². The van der Waals surface area contributed by atoms with Crippen molar-refractivity contribution in [1.29, 1.82) is 0 Å². The Hall–Kier alpha value is -0.0800. The van der Waals surface area contributed by atoms with Crippen LogP contribution in [0.25, 0.3) is 0 Å². The Kier molecular flexibility index (Phi) is 7.51. The molecule has 2 heteroatoms. The zero-order chi connectivity index (χ0) is 9.40. The van der Waals surface area contributed by atoms with Gasteiger partial charge in [-0.3, -0.25) is 4.90 Å². The van der Waals surface area contributed by atoms with E-state index < -0.39 is 0 Å². The maximum Gasteiger partial charge on any atom is 0.0594 e. The van der Waals surface area contributed by atoms with E-state index in [1.807, 2.05) is 13.8 Å². The minimum absolute atomic E-state index is 0.740. The number of nitrogens with zero attached hydrogens (tertiary/aromatic N) is 1. The molecule has 1 rings (SSSR count). The molecule has 0 radical (unpaired) electrons. The van der Waals surface area contributed by atoms with Gasteiger partial charge in [-0.15, -0.1) is 0 Å². The zero-order valence-electron chi connectivity index (χ0n) is 8.97. The highest BCUT2D eigenvalue weighted by Gasteiger charge is 2.14. The predicted octanol–water partition coefficient (Wildman–Crippen LogP) is 2.14. The van der Waals surface area contributed by atoms with Gasteiger partial charge in [0.25, 0.3) is 0 Å². The van der Waals surface area contributed by atoms with Gasteiger partial charge in [0.05, 0.1) is 13.2 Å². The number of ether oxygens (including phenoxy) is 1. The topological polar surface area (TPSA) is 12.5 Å². The van der Waals surface area contributed by atoms with E-state index in [1.54, 1.807) is 0 Å². The van der Waals surface area contributed by atoms with Crippen molar-refractivity contribution in [2.75, 3.05) is 26.3 Å². The Labute approximate surface area is 76.9 Å². The van der Waals surface area contributed by atoms with Crippen molar-refractivity contribution in [3.63, 3.8) is 0 Å². The molecule has 1 aliphatic rings. The van der Waals surface area contributed by atoms with Gasteiger partial charge in [-0.05, 0) is 13.3 Å². The molecule has 0 aromatic heterocycles. The van der Waals surface area contributed by atoms with Crippen molar-refractivity contribution in [3.8, 4) is 0 Å². The molecular formula is C10H23NO. The highest BCUT2D eigenvalue weighted by Crippen LogP contribution is 2.05. The third-order valence-corrected chi connectivity index (χ3v) is 2.26. The van der Waals surface area contributed by atoms with E-state index >= 15 is 0 Å². The Morgan fingerprint density at radius 1 is 1.25 bits per heavy atom. The Morgan fingerprint density at radius 3 is 2.17 bits per heavy atom. The van der Waals surface area contributed by atoms with Crippen LogP contribution in [-0.2, 0) is 4.74 Å². The van der Waals surface area contributed by atoms with E-state index in [1.165, 1.54) is 6.42 Å². The molecule has 1 saturated heterocycles. The summed E-state index contributed by atoms with van der Waals surface area (Å²) in [7, 11) is 0. The molecule has 1 fully saturated rings. The molecule has 0 spiro atoms. The van der Waals surface area contributed by atoms with Gasteiger partial charge in [0, 0.05) is 19.1 Å². The van der Waals surface area contributed by atoms with Crippen molar-refractivity contribution in [2.45, 2.75) is 40.2 Å². The van der Waals surface area contributed by atoms with E-state index in [4.69, 9.17) is 4.74 Å². The molecule has 0 bridgehead atoms. The smallest absolute Gasteiger partial charge is 0.0594 e. The average Bonchev–Trinajstić information content (AvgIpc) is 2.21. The van der Waals surface area contributed by atoms with Crippen molar-refractivity contribution >= 4 is 0 Å². The second-order valence-electron chi connectivity index (χ2n) is 2.91. The number of rotatable bonds is 2. The van der Waals surface area contributed by atoms with E-state index in [0.29, 0.717) is 0 Å². The number of hydrogen-bond donors (Lipinski definition) is 0. The highest BCUT2D eigenvalue weighted by atomic mass is 16.5. The summed E-state index contributed by atoms with van der Waals surface area (Å²) in [6, 6.07) is 0.740. The van der Waals surface area contributed by atoms with Crippen LogP contribution >= 0.6 is 0 Å². The van der Waals surface area contributed by atoms with E-state index in [9.17, 15) is 0 Å². The largest absolute Gasteiger partial charge is 0.379 e. The minimum Gasteiger partial charge on any atom is -0.379 e. The molecular weight excluding hydrogens is 150 g/mol. The fraction of sp³-hybridized carbons (Fsp3) is 1.00. The molecule has 1 unspecified atom stereocenters. The quantitative estimate of drug-likeness (QED) is 0.634. The Morgan fingerprint density at radius 2 is 1.75 bits per heavy atom. The van der Waals surface area contributed by atoms with Crippen molar-refractivity contribution in [2.24, 2.45) is 0 Å². The van der Waals surface area contributed by atoms with Crippen molar-refractivity contribution in [3.05, 3.63) is 0 Å². The van der Waals surface area contributed by atoms with Crippen LogP contribution in [0.1, 0.15) is 34.1 Å². The van der Waals surface area contributed by atoms with Crippen LogP contribution in [0.4, 0.5) is 0 Å². The molecule has 0 aliphatic carbocycles. The molecule has 0 saturated carbocycles. The lowest BCUT2D eigenvalue weighted by molar-refractivity contribution is 0.0196. The van der Waals surface area contributed by atoms with Crippen LogP contribution in [0.3, 0.4) is 0 Å². The monoisotopic (exact) mass is 173 g/mol. The second-order valence-corrected chi connectivity index (χ2v) is 2.91. The zero-order valence-corrected chi connectivity index (χ0v) is 8.97. The van der Waals surface area contributed by atoms with E-state index in [-0.39, 0.29) is 0 Å². The lowest BCUT2D eigenvalue weighted by Crippen LogP contribution is -2.41. The molecule has 0 amide bonds. The summed E-state index contributed by atoms with van der Waals surface area (Å²) in [5, 5.41) is 0. The van der Waals surface area contributed by atoms with E-state index in [0.717, 1.165) is 32.3 Å². The maximum absolute atomic E-state index is 5.25. The van der Waals surface area contributed by atoms with Gasteiger partial charge in [-0.2, -0.15) is 0 Å². The highest BCUT2D eigenvalue weighted by molar-refractivity contribution is 4.67. The van der Waals surface area contributed by atoms with Crippen LogP contribution in [0.15, 0.2) is 0 Å². The fourth-order valence-corrected chi connectivity index (χ4v) is 1.28. The first kappa shape index (κ1) is 11.9. The first-order valence-corrected chi connectivity index (χ1v) is 5.16. The normalized spacial score (nSPS) is 21.0. The lowest BCUT2D eigenvalue weighted by atomic mass is 10.2. The molecule has 1 atom stereocenters. The standard InChI is InChI=1S/C8H17NO.C2H6/c1-3-8(2)9-4-6-10-7-5-9;1-2/h8H,3-7H2,1-2H3;1-2H3. The molecule has 1 heterocycles. The molecule has 12 heavy (non-hydrogen) atoms. The summed E-state index contributed by atoms with van der Waals surface area (Å²) < 4.78 is 5.25. The summed E-state index contributed by atoms with van der Waals surface area (Å²) in [6.07, 6.45) is 1.25. The lowest BCUT2D eigenvalue weighted by Gasteiger charge is -2.31. The average molecular weight is 173 g/mol. The SMILES string of the molecule is CC.CCC(C)N1CCOCC1. The third kappa shape index (κ3) is 4.07. The van der Waals surface area contributed by atoms with Gasteiger partial charge in [0.15, 0.2) is 0 Å². The summed E-state index contributed by atoms with van der Waals surface area (Å²) in [4.78, 5) is 2.49. The molecule has 0 N–H and O–H groups in total. The summed E-state index contributed by atoms with van der Waals surface area (Å²) in [5.41, 5.74) is 0. The van der Waals surface area contributed by atoms with Crippen LogP contribution in [0, 0.1) is 0 Å². The molecule has 0 aromatic rings. The summed E-state index contributed by atoms with van der Waals surface area (Å²) >= 11 is 0. The molecule has 0 aromatic carbocycles. The third-order valence-electron chi connectivity index (χ3n) is 2.26. The van der Waals surface area contributed by atoms with E-state index in [2.05, 4.69) is 18.7 Å².